The molecule has 0 unspecified atom stereocenters. The minimum absolute atomic E-state index is 0.408. The Morgan fingerprint density at radius 2 is 1.68 bits per heavy atom. The van der Waals surface area contributed by atoms with Gasteiger partial charge in [0.05, 0.1) is 0 Å². The predicted octanol–water partition coefficient (Wildman–Crippen LogP) is 4.04. The number of carbonyl (C=O) groups excluding carboxylic acids is 1. The average molecular weight is 273 g/mol. The summed E-state index contributed by atoms with van der Waals surface area (Å²) in [5.74, 6) is 0.103. The SMILES string of the molecule is C=C(Cc1ccc(Cl)cc1)C(=O)Oc1ccccc1. The molecule has 0 aliphatic carbocycles. The fourth-order valence-corrected chi connectivity index (χ4v) is 1.71. The van der Waals surface area contributed by atoms with Crippen LogP contribution in [0, 0.1) is 0 Å². The van der Waals surface area contributed by atoms with Crippen LogP contribution in [-0.4, -0.2) is 5.97 Å². The van der Waals surface area contributed by atoms with Gasteiger partial charge in [-0.1, -0.05) is 48.5 Å². The molecule has 0 aliphatic rings. The van der Waals surface area contributed by atoms with Gasteiger partial charge in [0.25, 0.3) is 0 Å². The molecule has 0 atom stereocenters. The Morgan fingerprint density at radius 3 is 2.32 bits per heavy atom. The maximum Gasteiger partial charge on any atom is 0.339 e. The third kappa shape index (κ3) is 3.97. The van der Waals surface area contributed by atoms with Crippen molar-refractivity contribution in [1.29, 1.82) is 0 Å². The maximum absolute atomic E-state index is 11.8. The van der Waals surface area contributed by atoms with Gasteiger partial charge in [-0.25, -0.2) is 4.79 Å². The quantitative estimate of drug-likeness (QED) is 0.477. The molecule has 2 nitrogen and oxygen atoms in total. The van der Waals surface area contributed by atoms with Crippen LogP contribution in [-0.2, 0) is 11.2 Å². The van der Waals surface area contributed by atoms with E-state index in [0.717, 1.165) is 5.56 Å². The molecule has 2 aromatic rings. The molecule has 0 spiro atoms. The van der Waals surface area contributed by atoms with E-state index in [2.05, 4.69) is 6.58 Å². The van der Waals surface area contributed by atoms with Crippen LogP contribution in [0.2, 0.25) is 5.02 Å². The van der Waals surface area contributed by atoms with Crippen LogP contribution in [0.4, 0.5) is 0 Å². The van der Waals surface area contributed by atoms with Crippen molar-refractivity contribution in [2.45, 2.75) is 6.42 Å². The van der Waals surface area contributed by atoms with Gasteiger partial charge in [0.2, 0.25) is 0 Å². The van der Waals surface area contributed by atoms with Gasteiger partial charge in [0.1, 0.15) is 5.75 Å². The summed E-state index contributed by atoms with van der Waals surface area (Å²) >= 11 is 5.80. The molecule has 0 saturated carbocycles. The lowest BCUT2D eigenvalue weighted by Gasteiger charge is -2.06. The molecule has 19 heavy (non-hydrogen) atoms. The van der Waals surface area contributed by atoms with E-state index in [0.29, 0.717) is 22.8 Å². The van der Waals surface area contributed by atoms with Gasteiger partial charge in [-0.05, 0) is 29.8 Å². The second-order valence-electron chi connectivity index (χ2n) is 4.11. The minimum Gasteiger partial charge on any atom is -0.423 e. The Morgan fingerprint density at radius 1 is 1.05 bits per heavy atom. The van der Waals surface area contributed by atoms with E-state index in [1.165, 1.54) is 0 Å². The second-order valence-corrected chi connectivity index (χ2v) is 4.55. The van der Waals surface area contributed by atoms with E-state index in [1.807, 2.05) is 30.3 Å². The van der Waals surface area contributed by atoms with E-state index >= 15 is 0 Å². The number of para-hydroxylation sites is 1. The highest BCUT2D eigenvalue weighted by Gasteiger charge is 2.10. The first-order valence-corrected chi connectivity index (χ1v) is 6.22. The normalized spacial score (nSPS) is 9.95. The number of rotatable bonds is 4. The van der Waals surface area contributed by atoms with Crippen LogP contribution in [0.3, 0.4) is 0 Å². The Labute approximate surface area is 117 Å². The molecule has 2 aromatic carbocycles. The maximum atomic E-state index is 11.8. The number of halogens is 1. The van der Waals surface area contributed by atoms with Crippen LogP contribution in [0.5, 0.6) is 5.75 Å². The molecule has 0 saturated heterocycles. The Hall–Kier alpha value is -2.06. The van der Waals surface area contributed by atoms with Crippen LogP contribution in [0.1, 0.15) is 5.56 Å². The van der Waals surface area contributed by atoms with E-state index in [1.54, 1.807) is 24.3 Å². The van der Waals surface area contributed by atoms with Crippen LogP contribution < -0.4 is 4.74 Å². The fourth-order valence-electron chi connectivity index (χ4n) is 1.59. The zero-order valence-electron chi connectivity index (χ0n) is 10.3. The first-order chi connectivity index (χ1) is 9.15. The number of carbonyl (C=O) groups is 1. The summed E-state index contributed by atoms with van der Waals surface area (Å²) < 4.78 is 5.21. The summed E-state index contributed by atoms with van der Waals surface area (Å²) in [6.07, 6.45) is 0.447. The van der Waals surface area contributed by atoms with Crippen LogP contribution in [0.25, 0.3) is 0 Å². The summed E-state index contributed by atoms with van der Waals surface area (Å²) in [5, 5.41) is 0.668. The van der Waals surface area contributed by atoms with Gasteiger partial charge in [0.15, 0.2) is 0 Å². The van der Waals surface area contributed by atoms with Crippen LogP contribution in [0.15, 0.2) is 66.7 Å². The smallest absolute Gasteiger partial charge is 0.339 e. The molecule has 0 aromatic heterocycles. The first-order valence-electron chi connectivity index (χ1n) is 5.84. The van der Waals surface area contributed by atoms with Gasteiger partial charge < -0.3 is 4.74 Å². The summed E-state index contributed by atoms with van der Waals surface area (Å²) in [6.45, 7) is 3.76. The number of ether oxygens (including phenoxy) is 1. The lowest BCUT2D eigenvalue weighted by atomic mass is 10.1. The third-order valence-corrected chi connectivity index (χ3v) is 2.83. The molecule has 2 rings (SSSR count). The van der Waals surface area contributed by atoms with E-state index in [4.69, 9.17) is 16.3 Å². The van der Waals surface area contributed by atoms with Crippen molar-refractivity contribution in [1.82, 2.24) is 0 Å². The van der Waals surface area contributed by atoms with Crippen LogP contribution >= 0.6 is 11.6 Å². The summed E-state index contributed by atoms with van der Waals surface area (Å²) in [5.41, 5.74) is 1.38. The minimum atomic E-state index is -0.416. The molecule has 0 N–H and O–H groups in total. The van der Waals surface area contributed by atoms with Crippen molar-refractivity contribution in [3.05, 3.63) is 77.3 Å². The topological polar surface area (TPSA) is 26.3 Å². The number of hydrogen-bond acceptors (Lipinski definition) is 2. The van der Waals surface area contributed by atoms with Crippen molar-refractivity contribution < 1.29 is 9.53 Å². The number of hydrogen-bond donors (Lipinski definition) is 0. The van der Waals surface area contributed by atoms with Gasteiger partial charge in [-0.2, -0.15) is 0 Å². The first kappa shape index (κ1) is 13.4. The summed E-state index contributed by atoms with van der Waals surface area (Å²) in [6, 6.07) is 16.2. The van der Waals surface area contributed by atoms with Gasteiger partial charge in [-0.15, -0.1) is 0 Å². The van der Waals surface area contributed by atoms with Gasteiger partial charge in [-0.3, -0.25) is 0 Å². The molecule has 96 valence electrons. The third-order valence-electron chi connectivity index (χ3n) is 2.57. The van der Waals surface area contributed by atoms with Crippen molar-refractivity contribution >= 4 is 17.6 Å². The molecule has 0 heterocycles. The zero-order valence-corrected chi connectivity index (χ0v) is 11.1. The van der Waals surface area contributed by atoms with Crippen molar-refractivity contribution in [3.8, 4) is 5.75 Å². The molecule has 0 aliphatic heterocycles. The highest BCUT2D eigenvalue weighted by molar-refractivity contribution is 6.30. The van der Waals surface area contributed by atoms with Crippen molar-refractivity contribution in [2.24, 2.45) is 0 Å². The molecular formula is C16H13ClO2. The Bertz CT molecular complexity index is 573. The average Bonchev–Trinajstić information content (AvgIpc) is 2.42. The monoisotopic (exact) mass is 272 g/mol. The molecule has 0 radical (unpaired) electrons. The van der Waals surface area contributed by atoms with Gasteiger partial charge in [0, 0.05) is 17.0 Å². The Balaban J connectivity index is 1.96. The van der Waals surface area contributed by atoms with E-state index in [9.17, 15) is 4.79 Å². The Kier molecular flexibility index (Phi) is 4.37. The largest absolute Gasteiger partial charge is 0.423 e. The number of benzene rings is 2. The van der Waals surface area contributed by atoms with Crippen molar-refractivity contribution in [3.63, 3.8) is 0 Å². The number of esters is 1. The molecule has 3 heteroatoms. The standard InChI is InChI=1S/C16H13ClO2/c1-12(11-13-7-9-14(17)10-8-13)16(18)19-15-5-3-2-4-6-15/h2-10H,1,11H2. The van der Waals surface area contributed by atoms with E-state index < -0.39 is 5.97 Å². The van der Waals surface area contributed by atoms with Gasteiger partial charge >= 0.3 is 5.97 Å². The molecule has 0 amide bonds. The molecular weight excluding hydrogens is 260 g/mol. The lowest BCUT2D eigenvalue weighted by molar-refractivity contribution is -0.130. The highest BCUT2D eigenvalue weighted by atomic mass is 35.5. The molecule has 0 bridgehead atoms. The van der Waals surface area contributed by atoms with Crippen molar-refractivity contribution in [2.75, 3.05) is 0 Å². The second kappa shape index (κ2) is 6.21. The highest BCUT2D eigenvalue weighted by Crippen LogP contribution is 2.15. The zero-order chi connectivity index (χ0) is 13.7. The predicted molar refractivity (Wildman–Crippen MR) is 76.4 cm³/mol. The summed E-state index contributed by atoms with van der Waals surface area (Å²) in [7, 11) is 0. The molecule has 0 fully saturated rings. The lowest BCUT2D eigenvalue weighted by Crippen LogP contribution is -2.12. The fraction of sp³-hybridized carbons (Fsp3) is 0.0625. The summed E-state index contributed by atoms with van der Waals surface area (Å²) in [4.78, 5) is 11.8. The van der Waals surface area contributed by atoms with E-state index in [-0.39, 0.29) is 0 Å².